The molecule has 1 aromatic rings. The number of anilines is 1. The van der Waals surface area contributed by atoms with E-state index in [4.69, 9.17) is 11.1 Å². The number of amidine groups is 1. The van der Waals surface area contributed by atoms with E-state index in [1.807, 2.05) is 12.1 Å². The summed E-state index contributed by atoms with van der Waals surface area (Å²) in [5.41, 5.74) is 6.06. The molecule has 2 fully saturated rings. The molecule has 2 aliphatic rings. The average Bonchev–Trinajstić information content (AvgIpc) is 2.86. The van der Waals surface area contributed by atoms with Gasteiger partial charge in [0.25, 0.3) is 0 Å². The number of nitrogens with two attached hydrogens (primary N) is 1. The first-order valence-electron chi connectivity index (χ1n) is 6.54. The van der Waals surface area contributed by atoms with E-state index >= 15 is 0 Å². The van der Waals surface area contributed by atoms with Crippen molar-refractivity contribution in [2.45, 2.75) is 18.9 Å². The van der Waals surface area contributed by atoms with Crippen LogP contribution in [-0.4, -0.2) is 47.9 Å². The summed E-state index contributed by atoms with van der Waals surface area (Å²) in [4.78, 5) is 9.36. The second kappa shape index (κ2) is 4.57. The highest BCUT2D eigenvalue weighted by Gasteiger charge is 2.30. The quantitative estimate of drug-likeness (QED) is 0.593. The zero-order valence-corrected chi connectivity index (χ0v) is 10.5. The van der Waals surface area contributed by atoms with Gasteiger partial charge in [0.1, 0.15) is 17.3 Å². The van der Waals surface area contributed by atoms with Gasteiger partial charge in [0, 0.05) is 25.7 Å². The molecule has 2 aliphatic heterocycles. The molecule has 0 saturated carbocycles. The number of nitrogens with zero attached hydrogens (tertiary/aromatic N) is 3. The van der Waals surface area contributed by atoms with Crippen LogP contribution in [0.4, 0.5) is 5.82 Å². The normalized spacial score (nSPS) is 24.0. The molecule has 1 unspecified atom stereocenters. The summed E-state index contributed by atoms with van der Waals surface area (Å²) in [6, 6.07) is 6.41. The molecule has 0 radical (unpaired) electrons. The smallest absolute Gasteiger partial charge is 0.141 e. The third-order valence-electron chi connectivity index (χ3n) is 3.92. The van der Waals surface area contributed by atoms with E-state index in [1.165, 1.54) is 19.4 Å². The molecule has 5 nitrogen and oxygen atoms in total. The van der Waals surface area contributed by atoms with E-state index < -0.39 is 0 Å². The Labute approximate surface area is 107 Å². The van der Waals surface area contributed by atoms with Crippen LogP contribution in [-0.2, 0) is 0 Å². The summed E-state index contributed by atoms with van der Waals surface area (Å²) in [7, 11) is 0. The lowest BCUT2D eigenvalue weighted by Crippen LogP contribution is -2.50. The predicted molar refractivity (Wildman–Crippen MR) is 72.1 cm³/mol. The molecule has 96 valence electrons. The van der Waals surface area contributed by atoms with E-state index in [0.717, 1.165) is 25.5 Å². The number of piperazine rings is 1. The number of aromatic nitrogens is 1. The number of nitrogen functional groups attached to an aromatic ring is 1. The third-order valence-corrected chi connectivity index (χ3v) is 3.92. The number of pyridine rings is 1. The zero-order chi connectivity index (χ0) is 12.5. The van der Waals surface area contributed by atoms with Crippen molar-refractivity contribution < 1.29 is 0 Å². The van der Waals surface area contributed by atoms with E-state index in [2.05, 4.69) is 14.8 Å². The second-order valence-electron chi connectivity index (χ2n) is 5.07. The Morgan fingerprint density at radius 3 is 3.06 bits per heavy atom. The molecule has 0 aliphatic carbocycles. The maximum atomic E-state index is 7.45. The van der Waals surface area contributed by atoms with Gasteiger partial charge in [0.05, 0.1) is 0 Å². The molecular formula is C13H19N5. The fourth-order valence-electron chi connectivity index (χ4n) is 2.95. The highest BCUT2D eigenvalue weighted by Crippen LogP contribution is 2.24. The van der Waals surface area contributed by atoms with Crippen LogP contribution < -0.4 is 10.6 Å². The maximum absolute atomic E-state index is 7.45. The molecule has 5 heteroatoms. The van der Waals surface area contributed by atoms with E-state index in [9.17, 15) is 0 Å². The number of hydrogen-bond donors (Lipinski definition) is 2. The van der Waals surface area contributed by atoms with E-state index in [1.54, 1.807) is 6.07 Å². The zero-order valence-electron chi connectivity index (χ0n) is 10.5. The van der Waals surface area contributed by atoms with Gasteiger partial charge < -0.3 is 10.6 Å². The largest absolute Gasteiger partial charge is 0.382 e. The van der Waals surface area contributed by atoms with Gasteiger partial charge in [0.15, 0.2) is 0 Å². The fraction of sp³-hybridized carbons (Fsp3) is 0.538. The van der Waals surface area contributed by atoms with Crippen molar-refractivity contribution in [1.29, 1.82) is 5.41 Å². The van der Waals surface area contributed by atoms with E-state index in [-0.39, 0.29) is 5.84 Å². The third kappa shape index (κ3) is 2.06. The summed E-state index contributed by atoms with van der Waals surface area (Å²) < 4.78 is 0. The molecule has 1 aromatic heterocycles. The molecule has 0 amide bonds. The Balaban J connectivity index is 1.78. The number of hydrogen-bond acceptors (Lipinski definition) is 4. The van der Waals surface area contributed by atoms with Gasteiger partial charge in [-0.15, -0.1) is 0 Å². The minimum absolute atomic E-state index is 0.0383. The van der Waals surface area contributed by atoms with Gasteiger partial charge in [-0.05, 0) is 31.5 Å². The van der Waals surface area contributed by atoms with Gasteiger partial charge in [-0.25, -0.2) is 4.98 Å². The summed E-state index contributed by atoms with van der Waals surface area (Å²) in [5, 5.41) is 7.45. The monoisotopic (exact) mass is 245 g/mol. The minimum atomic E-state index is 0.0383. The Bertz CT molecular complexity index is 458. The van der Waals surface area contributed by atoms with Gasteiger partial charge >= 0.3 is 0 Å². The standard InChI is InChI=1S/C13H19N5/c14-13(15)11-4-1-5-12(16-11)18-8-7-17-6-2-3-10(17)9-18/h1,4-5,10H,2-3,6-9H2,(H3,14,15). The maximum Gasteiger partial charge on any atom is 0.141 e. The molecule has 2 saturated heterocycles. The Morgan fingerprint density at radius 2 is 2.22 bits per heavy atom. The van der Waals surface area contributed by atoms with Crippen molar-refractivity contribution in [2.24, 2.45) is 5.73 Å². The lowest BCUT2D eigenvalue weighted by molar-refractivity contribution is 0.230. The number of nitrogens with one attached hydrogen (secondary N) is 1. The number of rotatable bonds is 2. The molecule has 18 heavy (non-hydrogen) atoms. The minimum Gasteiger partial charge on any atom is -0.382 e. The van der Waals surface area contributed by atoms with Crippen LogP contribution in [0.25, 0.3) is 0 Å². The molecule has 1 atom stereocenters. The second-order valence-corrected chi connectivity index (χ2v) is 5.07. The molecule has 0 spiro atoms. The average molecular weight is 245 g/mol. The van der Waals surface area contributed by atoms with Crippen LogP contribution in [0.2, 0.25) is 0 Å². The highest BCUT2D eigenvalue weighted by molar-refractivity contribution is 5.93. The molecular weight excluding hydrogens is 226 g/mol. The summed E-state index contributed by atoms with van der Waals surface area (Å²) >= 11 is 0. The van der Waals surface area contributed by atoms with Crippen molar-refractivity contribution >= 4 is 11.7 Å². The van der Waals surface area contributed by atoms with Crippen LogP contribution in [0.5, 0.6) is 0 Å². The SMILES string of the molecule is N=C(N)c1cccc(N2CCN3CCCC3C2)n1. The first-order chi connectivity index (χ1) is 8.74. The summed E-state index contributed by atoms with van der Waals surface area (Å²) in [5.74, 6) is 0.991. The highest BCUT2D eigenvalue weighted by atomic mass is 15.3. The van der Waals surface area contributed by atoms with Gasteiger partial charge in [0.2, 0.25) is 0 Å². The number of fused-ring (bicyclic) bond motifs is 1. The molecule has 0 bridgehead atoms. The Kier molecular flexibility index (Phi) is 2.91. The lowest BCUT2D eigenvalue weighted by Gasteiger charge is -2.38. The van der Waals surface area contributed by atoms with E-state index in [0.29, 0.717) is 11.7 Å². The molecule has 3 heterocycles. The van der Waals surface area contributed by atoms with Crippen LogP contribution in [0, 0.1) is 5.41 Å². The molecule has 3 N–H and O–H groups in total. The topological polar surface area (TPSA) is 69.2 Å². The first kappa shape index (κ1) is 11.5. The lowest BCUT2D eigenvalue weighted by atomic mass is 10.1. The van der Waals surface area contributed by atoms with Crippen molar-refractivity contribution in [1.82, 2.24) is 9.88 Å². The van der Waals surface area contributed by atoms with Crippen molar-refractivity contribution in [3.63, 3.8) is 0 Å². The van der Waals surface area contributed by atoms with Crippen LogP contribution in [0.15, 0.2) is 18.2 Å². The van der Waals surface area contributed by atoms with Crippen LogP contribution >= 0.6 is 0 Å². The van der Waals surface area contributed by atoms with Crippen LogP contribution in [0.3, 0.4) is 0 Å². The Hall–Kier alpha value is -1.62. The first-order valence-corrected chi connectivity index (χ1v) is 6.54. The fourth-order valence-corrected chi connectivity index (χ4v) is 2.95. The van der Waals surface area contributed by atoms with Gasteiger partial charge in [-0.3, -0.25) is 10.3 Å². The van der Waals surface area contributed by atoms with Crippen molar-refractivity contribution in [2.75, 3.05) is 31.1 Å². The Morgan fingerprint density at radius 1 is 1.33 bits per heavy atom. The van der Waals surface area contributed by atoms with Crippen molar-refractivity contribution in [3.05, 3.63) is 23.9 Å². The molecule has 3 rings (SSSR count). The molecule has 0 aromatic carbocycles. The van der Waals surface area contributed by atoms with Gasteiger partial charge in [-0.1, -0.05) is 6.07 Å². The summed E-state index contributed by atoms with van der Waals surface area (Å²) in [6.45, 7) is 4.44. The van der Waals surface area contributed by atoms with Gasteiger partial charge in [-0.2, -0.15) is 0 Å². The summed E-state index contributed by atoms with van der Waals surface area (Å²) in [6.07, 6.45) is 2.61. The van der Waals surface area contributed by atoms with Crippen LogP contribution in [0.1, 0.15) is 18.5 Å². The van der Waals surface area contributed by atoms with Crippen molar-refractivity contribution in [3.8, 4) is 0 Å². The predicted octanol–water partition coefficient (Wildman–Crippen LogP) is 0.650.